The van der Waals surface area contributed by atoms with Gasteiger partial charge < -0.3 is 5.11 Å². The highest BCUT2D eigenvalue weighted by atomic mass is 79.9. The highest BCUT2D eigenvalue weighted by Crippen LogP contribution is 2.33. The molecular weight excluding hydrogens is 316 g/mol. The van der Waals surface area contributed by atoms with Crippen molar-refractivity contribution >= 4 is 27.5 Å². The van der Waals surface area contributed by atoms with Crippen LogP contribution in [0.1, 0.15) is 29.8 Å². The first-order chi connectivity index (χ1) is 8.56. The molecule has 0 amide bonds. The van der Waals surface area contributed by atoms with Gasteiger partial charge in [-0.1, -0.05) is 45.7 Å². The zero-order chi connectivity index (χ0) is 13.3. The van der Waals surface area contributed by atoms with Crippen molar-refractivity contribution in [3.05, 3.63) is 50.7 Å². The van der Waals surface area contributed by atoms with Crippen molar-refractivity contribution in [1.82, 2.24) is 9.78 Å². The first kappa shape index (κ1) is 13.6. The summed E-state index contributed by atoms with van der Waals surface area (Å²) in [6.45, 7) is 4.62. The first-order valence-corrected chi connectivity index (χ1v) is 6.87. The third kappa shape index (κ3) is 2.32. The summed E-state index contributed by atoms with van der Waals surface area (Å²) in [4.78, 5) is 0. The molecule has 1 heterocycles. The molecule has 2 rings (SSSR count). The molecule has 0 fully saturated rings. The summed E-state index contributed by atoms with van der Waals surface area (Å²) in [7, 11) is 0. The average molecular weight is 330 g/mol. The van der Waals surface area contributed by atoms with Gasteiger partial charge >= 0.3 is 0 Å². The lowest BCUT2D eigenvalue weighted by Crippen LogP contribution is -2.10. The van der Waals surface area contributed by atoms with E-state index in [4.69, 9.17) is 11.6 Å². The van der Waals surface area contributed by atoms with Crippen molar-refractivity contribution in [3.8, 4) is 0 Å². The van der Waals surface area contributed by atoms with Crippen LogP contribution in [-0.2, 0) is 6.54 Å². The molecule has 2 aromatic rings. The molecule has 1 unspecified atom stereocenters. The number of benzene rings is 1. The number of hydrogen-bond acceptors (Lipinski definition) is 2. The molecule has 18 heavy (non-hydrogen) atoms. The van der Waals surface area contributed by atoms with Gasteiger partial charge in [0.1, 0.15) is 6.10 Å². The van der Waals surface area contributed by atoms with Crippen molar-refractivity contribution in [2.45, 2.75) is 26.5 Å². The summed E-state index contributed by atoms with van der Waals surface area (Å²) in [6, 6.07) is 5.78. The molecule has 1 atom stereocenters. The number of aliphatic hydroxyl groups is 1. The topological polar surface area (TPSA) is 38.0 Å². The minimum Gasteiger partial charge on any atom is -0.382 e. The minimum atomic E-state index is -0.783. The van der Waals surface area contributed by atoms with E-state index in [2.05, 4.69) is 21.0 Å². The monoisotopic (exact) mass is 328 g/mol. The number of halogens is 2. The van der Waals surface area contributed by atoms with E-state index in [-0.39, 0.29) is 0 Å². The van der Waals surface area contributed by atoms with Crippen LogP contribution in [0.25, 0.3) is 0 Å². The molecule has 96 valence electrons. The average Bonchev–Trinajstić information content (AvgIpc) is 2.73. The van der Waals surface area contributed by atoms with Gasteiger partial charge in [-0.05, 0) is 19.4 Å². The highest BCUT2D eigenvalue weighted by Gasteiger charge is 2.21. The van der Waals surface area contributed by atoms with Crippen LogP contribution < -0.4 is 0 Å². The largest absolute Gasteiger partial charge is 0.382 e. The lowest BCUT2D eigenvalue weighted by molar-refractivity contribution is 0.207. The fourth-order valence-corrected chi connectivity index (χ4v) is 2.65. The Bertz CT molecular complexity index is 568. The van der Waals surface area contributed by atoms with Crippen LogP contribution in [0.3, 0.4) is 0 Å². The van der Waals surface area contributed by atoms with E-state index in [9.17, 15) is 5.11 Å². The maximum absolute atomic E-state index is 10.5. The van der Waals surface area contributed by atoms with Gasteiger partial charge in [0.25, 0.3) is 0 Å². The van der Waals surface area contributed by atoms with Gasteiger partial charge in [-0.3, -0.25) is 4.68 Å². The normalized spacial score (nSPS) is 12.7. The molecule has 0 aliphatic heterocycles. The predicted octanol–water partition coefficient (Wildman–Crippen LogP) is 3.71. The van der Waals surface area contributed by atoms with Gasteiger partial charge in [0.15, 0.2) is 0 Å². The van der Waals surface area contributed by atoms with E-state index in [1.807, 2.05) is 32.0 Å². The molecule has 1 aromatic carbocycles. The molecule has 0 saturated carbocycles. The Kier molecular flexibility index (Phi) is 4.10. The van der Waals surface area contributed by atoms with Gasteiger partial charge in [0.05, 0.1) is 16.9 Å². The maximum atomic E-state index is 10.5. The second-order valence-electron chi connectivity index (χ2n) is 4.07. The van der Waals surface area contributed by atoms with E-state index in [0.717, 1.165) is 15.6 Å². The first-order valence-electron chi connectivity index (χ1n) is 5.70. The molecule has 5 heteroatoms. The third-order valence-electron chi connectivity index (χ3n) is 2.91. The van der Waals surface area contributed by atoms with Gasteiger partial charge in [0, 0.05) is 16.6 Å². The van der Waals surface area contributed by atoms with Crippen molar-refractivity contribution in [1.29, 1.82) is 0 Å². The summed E-state index contributed by atoms with van der Waals surface area (Å²) in [5, 5.41) is 15.1. The summed E-state index contributed by atoms with van der Waals surface area (Å²) >= 11 is 9.61. The Hall–Kier alpha value is -0.840. The zero-order valence-electron chi connectivity index (χ0n) is 10.2. The number of aliphatic hydroxyl groups excluding tert-OH is 1. The van der Waals surface area contributed by atoms with Crippen LogP contribution in [0.4, 0.5) is 0 Å². The Labute approximate surface area is 120 Å². The van der Waals surface area contributed by atoms with Crippen molar-refractivity contribution < 1.29 is 5.11 Å². The Morgan fingerprint density at radius 2 is 2.22 bits per heavy atom. The van der Waals surface area contributed by atoms with Crippen LogP contribution in [0.5, 0.6) is 0 Å². The van der Waals surface area contributed by atoms with Crippen LogP contribution in [0.15, 0.2) is 28.9 Å². The third-order valence-corrected chi connectivity index (χ3v) is 4.28. The van der Waals surface area contributed by atoms with Crippen LogP contribution in [-0.4, -0.2) is 14.9 Å². The molecule has 0 saturated heterocycles. The van der Waals surface area contributed by atoms with E-state index in [0.29, 0.717) is 17.3 Å². The molecule has 1 N–H and O–H groups in total. The lowest BCUT2D eigenvalue weighted by Gasteiger charge is -2.16. The molecule has 1 aromatic heterocycles. The summed E-state index contributed by atoms with van der Waals surface area (Å²) in [6.07, 6.45) is 0.780. The van der Waals surface area contributed by atoms with Crippen LogP contribution >= 0.6 is 27.5 Å². The van der Waals surface area contributed by atoms with E-state index in [1.165, 1.54) is 0 Å². The molecule has 0 spiro atoms. The minimum absolute atomic E-state index is 0.484. The van der Waals surface area contributed by atoms with Gasteiger partial charge in [-0.15, -0.1) is 0 Å². The smallest absolute Gasteiger partial charge is 0.123 e. The van der Waals surface area contributed by atoms with Crippen LogP contribution in [0, 0.1) is 6.92 Å². The quantitative estimate of drug-likeness (QED) is 0.932. The number of rotatable bonds is 3. The molecule has 0 radical (unpaired) electrons. The molecule has 3 nitrogen and oxygen atoms in total. The van der Waals surface area contributed by atoms with Gasteiger partial charge in [0.2, 0.25) is 0 Å². The Balaban J connectivity index is 2.51. The SMILES string of the molecule is CCn1ncc(Cl)c1C(O)c1cccc(C)c1Br. The second kappa shape index (κ2) is 5.43. The van der Waals surface area contributed by atoms with E-state index in [1.54, 1.807) is 10.9 Å². The van der Waals surface area contributed by atoms with Crippen LogP contribution in [0.2, 0.25) is 5.02 Å². The van der Waals surface area contributed by atoms with Crippen molar-refractivity contribution in [2.24, 2.45) is 0 Å². The standard InChI is InChI=1S/C13H14BrClN2O/c1-3-17-12(10(15)7-16-17)13(18)9-6-4-5-8(2)11(9)14/h4-7,13,18H,3H2,1-2H3. The molecule has 0 aliphatic rings. The fraction of sp³-hybridized carbons (Fsp3) is 0.308. The zero-order valence-corrected chi connectivity index (χ0v) is 12.5. The van der Waals surface area contributed by atoms with Gasteiger partial charge in [-0.2, -0.15) is 5.10 Å². The number of hydrogen-bond donors (Lipinski definition) is 1. The molecule has 0 aliphatic carbocycles. The van der Waals surface area contributed by atoms with Crippen molar-refractivity contribution in [3.63, 3.8) is 0 Å². The van der Waals surface area contributed by atoms with E-state index < -0.39 is 6.10 Å². The number of nitrogens with zero attached hydrogens (tertiary/aromatic N) is 2. The van der Waals surface area contributed by atoms with Gasteiger partial charge in [-0.25, -0.2) is 0 Å². The molecule has 0 bridgehead atoms. The van der Waals surface area contributed by atoms with E-state index >= 15 is 0 Å². The Morgan fingerprint density at radius 3 is 2.89 bits per heavy atom. The maximum Gasteiger partial charge on any atom is 0.123 e. The van der Waals surface area contributed by atoms with Crippen molar-refractivity contribution in [2.75, 3.05) is 0 Å². The second-order valence-corrected chi connectivity index (χ2v) is 5.27. The highest BCUT2D eigenvalue weighted by molar-refractivity contribution is 9.10. The summed E-state index contributed by atoms with van der Waals surface area (Å²) in [5.74, 6) is 0. The summed E-state index contributed by atoms with van der Waals surface area (Å²) < 4.78 is 2.61. The summed E-state index contributed by atoms with van der Waals surface area (Å²) in [5.41, 5.74) is 2.50. The Morgan fingerprint density at radius 1 is 1.50 bits per heavy atom. The number of aryl methyl sites for hydroxylation is 2. The number of aromatic nitrogens is 2. The predicted molar refractivity (Wildman–Crippen MR) is 75.9 cm³/mol. The lowest BCUT2D eigenvalue weighted by atomic mass is 10.0. The fourth-order valence-electron chi connectivity index (χ4n) is 1.92. The molecular formula is C13H14BrClN2O.